The highest BCUT2D eigenvalue weighted by Gasteiger charge is 2.56. The number of amides is 3. The molecule has 3 atom stereocenters. The second kappa shape index (κ2) is 12.4. The number of imide groups is 1. The predicted molar refractivity (Wildman–Crippen MR) is 179 cm³/mol. The lowest BCUT2D eigenvalue weighted by molar-refractivity contribution is -0.122. The van der Waals surface area contributed by atoms with Gasteiger partial charge in [-0.15, -0.1) is 0 Å². The van der Waals surface area contributed by atoms with Crippen LogP contribution in [0.15, 0.2) is 88.7 Å². The van der Waals surface area contributed by atoms with Gasteiger partial charge < -0.3 is 10.1 Å². The number of para-hydroxylation sites is 1. The van der Waals surface area contributed by atoms with Gasteiger partial charge in [0.1, 0.15) is 11.8 Å². The molecule has 0 spiro atoms. The molecule has 1 fully saturated rings. The molecule has 236 valence electrons. The standard InChI is InChI=1S/C35H33N3O6S2/c1-5-44-33(42)21-13-17-23(18-14-21)36-25(39)19-37-32-29(46-34(37)43)26(20-11-15-22(16-12-20)35(2,3)4)27-28(45-32)31(41)38(30(27)40)24-9-7-6-8-10-24/h6-18,26-28H,5,19H2,1-4H3,(H,36,39)/t26-,27-,28+/m0/s1. The van der Waals surface area contributed by atoms with Crippen molar-refractivity contribution in [2.75, 3.05) is 16.8 Å². The summed E-state index contributed by atoms with van der Waals surface area (Å²) in [5.41, 5.74) is 3.18. The number of esters is 1. The van der Waals surface area contributed by atoms with Crippen molar-refractivity contribution in [1.82, 2.24) is 4.57 Å². The molecule has 0 bridgehead atoms. The van der Waals surface area contributed by atoms with Crippen LogP contribution in [0.5, 0.6) is 0 Å². The molecular formula is C35H33N3O6S2. The Hall–Kier alpha value is -4.48. The van der Waals surface area contributed by atoms with Gasteiger partial charge in [-0.05, 0) is 59.9 Å². The minimum Gasteiger partial charge on any atom is -0.462 e. The zero-order valence-corrected chi connectivity index (χ0v) is 27.4. The van der Waals surface area contributed by atoms with Gasteiger partial charge >= 0.3 is 10.8 Å². The molecule has 4 aromatic rings. The number of nitrogens with one attached hydrogen (secondary N) is 1. The monoisotopic (exact) mass is 655 g/mol. The third-order valence-electron chi connectivity index (χ3n) is 8.18. The third kappa shape index (κ3) is 5.80. The highest BCUT2D eigenvalue weighted by Crippen LogP contribution is 2.54. The molecular weight excluding hydrogens is 623 g/mol. The summed E-state index contributed by atoms with van der Waals surface area (Å²) < 4.78 is 6.40. The van der Waals surface area contributed by atoms with Crippen LogP contribution >= 0.6 is 23.1 Å². The van der Waals surface area contributed by atoms with E-state index in [2.05, 4.69) is 26.1 Å². The molecule has 1 saturated heterocycles. The summed E-state index contributed by atoms with van der Waals surface area (Å²) in [6.45, 7) is 8.06. The first kappa shape index (κ1) is 31.5. The summed E-state index contributed by atoms with van der Waals surface area (Å²) in [6, 6.07) is 23.2. The summed E-state index contributed by atoms with van der Waals surface area (Å²) in [7, 11) is 0. The Labute approximate surface area is 274 Å². The SMILES string of the molecule is CCOC(=O)c1ccc(NC(=O)Cn2c3c(sc2=O)[C@@H](c2ccc(C(C)(C)C)cc2)[C@@H]2C(=O)N(c4ccccc4)C(=O)[C@@H]2S3)cc1. The van der Waals surface area contributed by atoms with Crippen LogP contribution in [-0.2, 0) is 31.1 Å². The van der Waals surface area contributed by atoms with Crippen molar-refractivity contribution in [2.45, 2.75) is 55.8 Å². The normalized spacial score (nSPS) is 19.0. The molecule has 3 heterocycles. The molecule has 0 radical (unpaired) electrons. The third-order valence-corrected chi connectivity index (χ3v) is 10.8. The number of thiazole rings is 1. The maximum atomic E-state index is 14.1. The molecule has 46 heavy (non-hydrogen) atoms. The van der Waals surface area contributed by atoms with Gasteiger partial charge in [-0.25, -0.2) is 9.69 Å². The number of anilines is 2. The Morgan fingerprint density at radius 2 is 1.57 bits per heavy atom. The Bertz CT molecular complexity index is 1870. The summed E-state index contributed by atoms with van der Waals surface area (Å²) >= 11 is 2.19. The van der Waals surface area contributed by atoms with Crippen molar-refractivity contribution in [3.63, 3.8) is 0 Å². The lowest BCUT2D eigenvalue weighted by Crippen LogP contribution is -2.33. The van der Waals surface area contributed by atoms with Crippen molar-refractivity contribution in [3.8, 4) is 0 Å². The maximum absolute atomic E-state index is 14.1. The molecule has 1 N–H and O–H groups in total. The van der Waals surface area contributed by atoms with Crippen LogP contribution < -0.4 is 15.1 Å². The van der Waals surface area contributed by atoms with E-state index in [1.165, 1.54) is 21.2 Å². The number of thioether (sulfide) groups is 1. The topological polar surface area (TPSA) is 115 Å². The van der Waals surface area contributed by atoms with E-state index in [4.69, 9.17) is 4.74 Å². The van der Waals surface area contributed by atoms with E-state index in [-0.39, 0.29) is 35.3 Å². The van der Waals surface area contributed by atoms with E-state index in [1.807, 2.05) is 30.3 Å². The molecule has 2 aliphatic heterocycles. The lowest BCUT2D eigenvalue weighted by atomic mass is 9.81. The molecule has 3 amide bonds. The van der Waals surface area contributed by atoms with E-state index in [9.17, 15) is 24.0 Å². The van der Waals surface area contributed by atoms with Crippen molar-refractivity contribution >= 4 is 58.2 Å². The van der Waals surface area contributed by atoms with E-state index < -0.39 is 29.0 Å². The first-order chi connectivity index (χ1) is 22.0. The van der Waals surface area contributed by atoms with Gasteiger partial charge in [0.15, 0.2) is 0 Å². The lowest BCUT2D eigenvalue weighted by Gasteiger charge is -2.31. The number of fused-ring (bicyclic) bond motifs is 2. The number of hydrogen-bond acceptors (Lipinski definition) is 8. The van der Waals surface area contributed by atoms with Gasteiger partial charge in [0.25, 0.3) is 0 Å². The maximum Gasteiger partial charge on any atom is 0.338 e. The summed E-state index contributed by atoms with van der Waals surface area (Å²) in [4.78, 5) is 68.2. The van der Waals surface area contributed by atoms with Crippen LogP contribution in [0.2, 0.25) is 0 Å². The first-order valence-corrected chi connectivity index (χ1v) is 16.7. The second-order valence-electron chi connectivity index (χ2n) is 12.2. The minimum atomic E-state index is -0.772. The fourth-order valence-electron chi connectivity index (χ4n) is 5.88. The highest BCUT2D eigenvalue weighted by atomic mass is 32.2. The Morgan fingerprint density at radius 3 is 2.20 bits per heavy atom. The van der Waals surface area contributed by atoms with Crippen LogP contribution in [0.1, 0.15) is 60.0 Å². The number of carbonyl (C=O) groups is 4. The Kier molecular flexibility index (Phi) is 8.47. The quantitative estimate of drug-likeness (QED) is 0.197. The summed E-state index contributed by atoms with van der Waals surface area (Å²) in [6.07, 6.45) is 0. The molecule has 11 heteroatoms. The second-order valence-corrected chi connectivity index (χ2v) is 14.4. The van der Waals surface area contributed by atoms with Crippen molar-refractivity contribution < 1.29 is 23.9 Å². The van der Waals surface area contributed by atoms with Crippen LogP contribution in [0.4, 0.5) is 11.4 Å². The summed E-state index contributed by atoms with van der Waals surface area (Å²) in [5.74, 6) is -2.81. The van der Waals surface area contributed by atoms with E-state index in [0.29, 0.717) is 26.8 Å². The molecule has 3 aromatic carbocycles. The van der Waals surface area contributed by atoms with Gasteiger partial charge in [-0.1, -0.05) is 86.3 Å². The molecule has 9 nitrogen and oxygen atoms in total. The Morgan fingerprint density at radius 1 is 0.891 bits per heavy atom. The minimum absolute atomic E-state index is 0.0848. The van der Waals surface area contributed by atoms with Crippen LogP contribution in [-0.4, -0.2) is 40.1 Å². The van der Waals surface area contributed by atoms with Gasteiger partial charge in [0, 0.05) is 16.5 Å². The van der Waals surface area contributed by atoms with Gasteiger partial charge in [-0.2, -0.15) is 0 Å². The van der Waals surface area contributed by atoms with E-state index in [1.54, 1.807) is 55.5 Å². The zero-order chi connectivity index (χ0) is 32.7. The van der Waals surface area contributed by atoms with Gasteiger partial charge in [0.2, 0.25) is 17.7 Å². The molecule has 0 aliphatic carbocycles. The van der Waals surface area contributed by atoms with Gasteiger partial charge in [-0.3, -0.25) is 23.7 Å². The molecule has 0 saturated carbocycles. The predicted octanol–water partition coefficient (Wildman–Crippen LogP) is 5.82. The molecule has 6 rings (SSSR count). The zero-order valence-electron chi connectivity index (χ0n) is 25.8. The fourth-order valence-corrected chi connectivity index (χ4v) is 8.66. The fraction of sp³-hybridized carbons (Fsp3) is 0.286. The van der Waals surface area contributed by atoms with Crippen molar-refractivity contribution in [3.05, 3.63) is 110 Å². The van der Waals surface area contributed by atoms with Crippen LogP contribution in [0.25, 0.3) is 0 Å². The van der Waals surface area contributed by atoms with Crippen molar-refractivity contribution in [2.24, 2.45) is 5.92 Å². The van der Waals surface area contributed by atoms with E-state index in [0.717, 1.165) is 22.5 Å². The molecule has 2 aliphatic rings. The smallest absolute Gasteiger partial charge is 0.338 e. The molecule has 1 aromatic heterocycles. The number of hydrogen-bond donors (Lipinski definition) is 1. The first-order valence-electron chi connectivity index (χ1n) is 15.0. The number of ether oxygens (including phenoxy) is 1. The summed E-state index contributed by atoms with van der Waals surface area (Å²) in [5, 5.41) is 2.53. The van der Waals surface area contributed by atoms with Crippen LogP contribution in [0, 0.1) is 5.92 Å². The number of nitrogens with zero attached hydrogens (tertiary/aromatic N) is 2. The average molecular weight is 656 g/mol. The highest BCUT2D eigenvalue weighted by molar-refractivity contribution is 8.00. The van der Waals surface area contributed by atoms with Crippen molar-refractivity contribution in [1.29, 1.82) is 0 Å². The Balaban J connectivity index is 1.35. The number of carbonyl (C=O) groups excluding carboxylic acids is 4. The van der Waals surface area contributed by atoms with E-state index >= 15 is 0 Å². The average Bonchev–Trinajstić information content (AvgIpc) is 3.47. The largest absolute Gasteiger partial charge is 0.462 e. The number of rotatable bonds is 7. The van der Waals surface area contributed by atoms with Crippen LogP contribution in [0.3, 0.4) is 0 Å². The number of aromatic nitrogens is 1. The van der Waals surface area contributed by atoms with Gasteiger partial charge in [0.05, 0.1) is 28.8 Å². The molecule has 0 unspecified atom stereocenters. The number of benzene rings is 3.